The summed E-state index contributed by atoms with van der Waals surface area (Å²) in [5, 5.41) is 10.7. The SMILES string of the molecule is OC(CSC(c1ccccc1)c1ccccc1)CN1CCOCC1. The largest absolute Gasteiger partial charge is 0.391 e. The molecule has 1 fully saturated rings. The number of nitrogens with zero attached hydrogens (tertiary/aromatic N) is 1. The first-order chi connectivity index (χ1) is 11.8. The van der Waals surface area contributed by atoms with Gasteiger partial charge in [-0.3, -0.25) is 4.90 Å². The molecule has 3 nitrogen and oxygen atoms in total. The van der Waals surface area contributed by atoms with Gasteiger partial charge in [-0.15, -0.1) is 11.8 Å². The quantitative estimate of drug-likeness (QED) is 0.837. The van der Waals surface area contributed by atoms with Gasteiger partial charge in [-0.1, -0.05) is 60.7 Å². The Morgan fingerprint density at radius 2 is 1.46 bits per heavy atom. The van der Waals surface area contributed by atoms with Gasteiger partial charge in [-0.25, -0.2) is 0 Å². The second-order valence-corrected chi connectivity index (χ2v) is 7.24. The van der Waals surface area contributed by atoms with Gasteiger partial charge in [0, 0.05) is 25.4 Å². The summed E-state index contributed by atoms with van der Waals surface area (Å²) in [5.74, 6) is 0.728. The van der Waals surface area contributed by atoms with Crippen molar-refractivity contribution in [3.63, 3.8) is 0 Å². The Balaban J connectivity index is 1.62. The van der Waals surface area contributed by atoms with E-state index in [2.05, 4.69) is 53.4 Å². The zero-order chi connectivity index (χ0) is 16.6. The van der Waals surface area contributed by atoms with Crippen molar-refractivity contribution < 1.29 is 9.84 Å². The second-order valence-electron chi connectivity index (χ2n) is 6.10. The number of aliphatic hydroxyl groups is 1. The fraction of sp³-hybridized carbons (Fsp3) is 0.400. The van der Waals surface area contributed by atoms with E-state index in [1.165, 1.54) is 11.1 Å². The summed E-state index contributed by atoms with van der Waals surface area (Å²) in [6.07, 6.45) is -0.317. The Kier molecular flexibility index (Phi) is 6.73. The second kappa shape index (κ2) is 9.23. The highest BCUT2D eigenvalue weighted by atomic mass is 32.2. The molecule has 24 heavy (non-hydrogen) atoms. The number of hydrogen-bond donors (Lipinski definition) is 1. The molecule has 1 aliphatic rings. The van der Waals surface area contributed by atoms with E-state index in [1.54, 1.807) is 0 Å². The number of rotatable bonds is 7. The van der Waals surface area contributed by atoms with Crippen LogP contribution in [0.1, 0.15) is 16.4 Å². The van der Waals surface area contributed by atoms with Crippen molar-refractivity contribution in [2.45, 2.75) is 11.4 Å². The normalized spacial score (nSPS) is 17.1. The lowest BCUT2D eigenvalue weighted by Gasteiger charge is -2.29. The Bertz CT molecular complexity index is 548. The van der Waals surface area contributed by atoms with E-state index in [1.807, 2.05) is 23.9 Å². The molecule has 0 aliphatic carbocycles. The Morgan fingerprint density at radius 3 is 2.00 bits per heavy atom. The molecular formula is C20H25NO2S. The van der Waals surface area contributed by atoms with Crippen LogP contribution >= 0.6 is 11.8 Å². The van der Waals surface area contributed by atoms with E-state index in [0.717, 1.165) is 38.6 Å². The molecule has 1 N–H and O–H groups in total. The molecule has 0 saturated carbocycles. The van der Waals surface area contributed by atoms with Crippen molar-refractivity contribution in [2.24, 2.45) is 0 Å². The molecule has 0 amide bonds. The summed E-state index contributed by atoms with van der Waals surface area (Å²) in [4.78, 5) is 2.29. The smallest absolute Gasteiger partial charge is 0.0757 e. The molecule has 0 bridgehead atoms. The fourth-order valence-corrected chi connectivity index (χ4v) is 4.20. The topological polar surface area (TPSA) is 32.7 Å². The van der Waals surface area contributed by atoms with Crippen LogP contribution < -0.4 is 0 Å². The number of hydrogen-bond acceptors (Lipinski definition) is 4. The highest BCUT2D eigenvalue weighted by Gasteiger charge is 2.19. The lowest BCUT2D eigenvalue weighted by atomic mass is 10.0. The van der Waals surface area contributed by atoms with Gasteiger partial charge in [0.15, 0.2) is 0 Å². The molecule has 3 rings (SSSR count). The number of ether oxygens (including phenoxy) is 1. The van der Waals surface area contributed by atoms with Crippen LogP contribution in [0.3, 0.4) is 0 Å². The number of β-amino-alcohol motifs (C(OH)–C–C–N with tert-alkyl or cyclic N) is 1. The van der Waals surface area contributed by atoms with Crippen molar-refractivity contribution in [1.82, 2.24) is 4.90 Å². The number of benzene rings is 2. The molecular weight excluding hydrogens is 318 g/mol. The maximum atomic E-state index is 10.4. The summed E-state index contributed by atoms with van der Waals surface area (Å²) < 4.78 is 5.37. The van der Waals surface area contributed by atoms with Crippen molar-refractivity contribution in [2.75, 3.05) is 38.6 Å². The Morgan fingerprint density at radius 1 is 0.917 bits per heavy atom. The highest BCUT2D eigenvalue weighted by molar-refractivity contribution is 7.99. The van der Waals surface area contributed by atoms with Crippen molar-refractivity contribution in [1.29, 1.82) is 0 Å². The number of morpholine rings is 1. The first-order valence-electron chi connectivity index (χ1n) is 8.52. The minimum Gasteiger partial charge on any atom is -0.391 e. The van der Waals surface area contributed by atoms with Crippen LogP contribution in [0.4, 0.5) is 0 Å². The van der Waals surface area contributed by atoms with Gasteiger partial charge < -0.3 is 9.84 Å². The van der Waals surface area contributed by atoms with Crippen molar-refractivity contribution in [3.05, 3.63) is 71.8 Å². The van der Waals surface area contributed by atoms with E-state index >= 15 is 0 Å². The zero-order valence-electron chi connectivity index (χ0n) is 13.9. The molecule has 1 heterocycles. The lowest BCUT2D eigenvalue weighted by molar-refractivity contribution is 0.0188. The predicted octanol–water partition coefficient (Wildman–Crippen LogP) is 3.20. The van der Waals surface area contributed by atoms with Gasteiger partial charge in [-0.2, -0.15) is 0 Å². The molecule has 0 radical (unpaired) electrons. The van der Waals surface area contributed by atoms with Crippen LogP contribution in [0.15, 0.2) is 60.7 Å². The van der Waals surface area contributed by atoms with Crippen molar-refractivity contribution >= 4 is 11.8 Å². The van der Waals surface area contributed by atoms with Crippen LogP contribution in [0.25, 0.3) is 0 Å². The molecule has 2 aromatic rings. The maximum absolute atomic E-state index is 10.4. The summed E-state index contributed by atoms with van der Waals surface area (Å²) >= 11 is 1.82. The molecule has 1 aliphatic heterocycles. The third-order valence-corrected chi connectivity index (χ3v) is 5.69. The van der Waals surface area contributed by atoms with Gasteiger partial charge in [0.2, 0.25) is 0 Å². The van der Waals surface area contributed by atoms with Crippen LogP contribution in [0, 0.1) is 0 Å². The van der Waals surface area contributed by atoms with E-state index in [4.69, 9.17) is 4.74 Å². The first-order valence-corrected chi connectivity index (χ1v) is 9.57. The molecule has 1 saturated heterocycles. The Hall–Kier alpha value is -1.33. The van der Waals surface area contributed by atoms with Crippen LogP contribution in [-0.4, -0.2) is 54.7 Å². The van der Waals surface area contributed by atoms with E-state index < -0.39 is 0 Å². The average Bonchev–Trinajstić information content (AvgIpc) is 2.64. The summed E-state index contributed by atoms with van der Waals surface area (Å²) in [6.45, 7) is 4.12. The minimum absolute atomic E-state index is 0.256. The zero-order valence-corrected chi connectivity index (χ0v) is 14.7. The van der Waals surface area contributed by atoms with Gasteiger partial charge in [0.1, 0.15) is 0 Å². The van der Waals surface area contributed by atoms with E-state index in [0.29, 0.717) is 0 Å². The van der Waals surface area contributed by atoms with Gasteiger partial charge in [-0.05, 0) is 11.1 Å². The molecule has 4 heteroatoms. The molecule has 2 aromatic carbocycles. The maximum Gasteiger partial charge on any atom is 0.0757 e. The average molecular weight is 343 g/mol. The standard InChI is InChI=1S/C20H25NO2S/c22-19(15-21-11-13-23-14-12-21)16-24-20(17-7-3-1-4-8-17)18-9-5-2-6-10-18/h1-10,19-20,22H,11-16H2. The molecule has 0 aromatic heterocycles. The number of aliphatic hydroxyl groups excluding tert-OH is 1. The summed E-state index contributed by atoms with van der Waals surface area (Å²) in [7, 11) is 0. The van der Waals surface area contributed by atoms with Gasteiger partial charge >= 0.3 is 0 Å². The molecule has 128 valence electrons. The first kappa shape index (κ1) is 17.5. The van der Waals surface area contributed by atoms with Crippen LogP contribution in [-0.2, 0) is 4.74 Å². The Labute approximate surface area is 148 Å². The lowest BCUT2D eigenvalue weighted by Crippen LogP contribution is -2.41. The molecule has 1 unspecified atom stereocenters. The summed E-state index contributed by atoms with van der Waals surface area (Å²) in [5.41, 5.74) is 2.57. The van der Waals surface area contributed by atoms with Gasteiger partial charge in [0.05, 0.1) is 24.6 Å². The van der Waals surface area contributed by atoms with Crippen LogP contribution in [0.5, 0.6) is 0 Å². The predicted molar refractivity (Wildman–Crippen MR) is 100 cm³/mol. The summed E-state index contributed by atoms with van der Waals surface area (Å²) in [6, 6.07) is 21.1. The highest BCUT2D eigenvalue weighted by Crippen LogP contribution is 2.35. The fourth-order valence-electron chi connectivity index (χ4n) is 2.98. The monoisotopic (exact) mass is 343 g/mol. The number of thioether (sulfide) groups is 1. The third kappa shape index (κ3) is 5.08. The molecule has 1 atom stereocenters. The minimum atomic E-state index is -0.317. The van der Waals surface area contributed by atoms with E-state index in [-0.39, 0.29) is 11.4 Å². The van der Waals surface area contributed by atoms with Gasteiger partial charge in [0.25, 0.3) is 0 Å². The third-order valence-electron chi connectivity index (χ3n) is 4.23. The molecule has 0 spiro atoms. The van der Waals surface area contributed by atoms with Crippen LogP contribution in [0.2, 0.25) is 0 Å². The van der Waals surface area contributed by atoms with E-state index in [9.17, 15) is 5.11 Å². The van der Waals surface area contributed by atoms with Crippen molar-refractivity contribution in [3.8, 4) is 0 Å².